The van der Waals surface area contributed by atoms with Crippen molar-refractivity contribution in [1.82, 2.24) is 20.2 Å². The minimum atomic E-state index is 0.0919. The van der Waals surface area contributed by atoms with Crippen LogP contribution in [0.5, 0.6) is 0 Å². The first-order valence-electron chi connectivity index (χ1n) is 7.64. The van der Waals surface area contributed by atoms with Crippen molar-refractivity contribution in [2.75, 3.05) is 13.1 Å². The van der Waals surface area contributed by atoms with E-state index in [1.54, 1.807) is 0 Å². The SMILES string of the molecule is CCCC(=O)N1CCC[C@@H]1c1ncc2c(n1)CCNC2. The second kappa shape index (κ2) is 5.87. The quantitative estimate of drug-likeness (QED) is 0.909. The summed E-state index contributed by atoms with van der Waals surface area (Å²) in [6.45, 7) is 4.74. The van der Waals surface area contributed by atoms with Gasteiger partial charge in [0.25, 0.3) is 0 Å². The third kappa shape index (κ3) is 2.54. The molecule has 2 aliphatic heterocycles. The van der Waals surface area contributed by atoms with Gasteiger partial charge in [-0.2, -0.15) is 0 Å². The first-order chi connectivity index (χ1) is 9.79. The van der Waals surface area contributed by atoms with E-state index >= 15 is 0 Å². The van der Waals surface area contributed by atoms with E-state index < -0.39 is 0 Å². The first kappa shape index (κ1) is 13.5. The molecule has 1 aromatic rings. The maximum absolute atomic E-state index is 12.2. The van der Waals surface area contributed by atoms with Gasteiger partial charge in [-0.05, 0) is 19.3 Å². The summed E-state index contributed by atoms with van der Waals surface area (Å²) >= 11 is 0. The first-order valence-corrected chi connectivity index (χ1v) is 7.64. The van der Waals surface area contributed by atoms with Crippen molar-refractivity contribution in [3.8, 4) is 0 Å². The molecule has 5 heteroatoms. The lowest BCUT2D eigenvalue weighted by Crippen LogP contribution is -2.32. The maximum atomic E-state index is 12.2. The highest BCUT2D eigenvalue weighted by Gasteiger charge is 2.31. The number of carbonyl (C=O) groups excluding carboxylic acids is 1. The summed E-state index contributed by atoms with van der Waals surface area (Å²) in [5.74, 6) is 1.09. The van der Waals surface area contributed by atoms with Crippen LogP contribution in [0.3, 0.4) is 0 Å². The zero-order valence-corrected chi connectivity index (χ0v) is 12.1. The molecule has 0 spiro atoms. The number of fused-ring (bicyclic) bond motifs is 1. The van der Waals surface area contributed by atoms with Gasteiger partial charge >= 0.3 is 0 Å². The summed E-state index contributed by atoms with van der Waals surface area (Å²) in [4.78, 5) is 23.4. The number of hydrogen-bond acceptors (Lipinski definition) is 4. The molecule has 0 aromatic carbocycles. The maximum Gasteiger partial charge on any atom is 0.223 e. The van der Waals surface area contributed by atoms with Gasteiger partial charge in [0.05, 0.1) is 6.04 Å². The molecule has 1 N–H and O–H groups in total. The molecule has 1 amide bonds. The van der Waals surface area contributed by atoms with Crippen LogP contribution in [0.2, 0.25) is 0 Å². The Kier molecular flexibility index (Phi) is 3.96. The number of rotatable bonds is 3. The molecule has 1 fully saturated rings. The second-order valence-corrected chi connectivity index (χ2v) is 5.62. The van der Waals surface area contributed by atoms with Crippen LogP contribution in [0.4, 0.5) is 0 Å². The number of hydrogen-bond donors (Lipinski definition) is 1. The molecular formula is C15H22N4O. The van der Waals surface area contributed by atoms with E-state index in [2.05, 4.69) is 10.3 Å². The zero-order chi connectivity index (χ0) is 13.9. The molecule has 0 aliphatic carbocycles. The minimum absolute atomic E-state index is 0.0919. The van der Waals surface area contributed by atoms with Crippen molar-refractivity contribution in [3.05, 3.63) is 23.3 Å². The van der Waals surface area contributed by atoms with Crippen molar-refractivity contribution < 1.29 is 4.79 Å². The fourth-order valence-corrected chi connectivity index (χ4v) is 3.10. The van der Waals surface area contributed by atoms with Gasteiger partial charge in [-0.25, -0.2) is 9.97 Å². The number of aromatic nitrogens is 2. The summed E-state index contributed by atoms with van der Waals surface area (Å²) in [7, 11) is 0. The molecule has 20 heavy (non-hydrogen) atoms. The van der Waals surface area contributed by atoms with Crippen LogP contribution in [0.25, 0.3) is 0 Å². The average molecular weight is 274 g/mol. The highest BCUT2D eigenvalue weighted by molar-refractivity contribution is 5.76. The Morgan fingerprint density at radius 3 is 3.30 bits per heavy atom. The fraction of sp³-hybridized carbons (Fsp3) is 0.667. The number of amides is 1. The monoisotopic (exact) mass is 274 g/mol. The number of likely N-dealkylation sites (tertiary alicyclic amines) is 1. The Morgan fingerprint density at radius 1 is 1.55 bits per heavy atom. The normalized spacial score (nSPS) is 21.9. The largest absolute Gasteiger partial charge is 0.332 e. The molecule has 1 saturated heterocycles. The third-order valence-corrected chi connectivity index (χ3v) is 4.16. The standard InChI is InChI=1S/C15H22N4O/c1-2-4-14(20)19-8-3-5-13(19)15-17-10-11-9-16-7-6-12(11)18-15/h10,13,16H,2-9H2,1H3/t13-/m1/s1. The van der Waals surface area contributed by atoms with E-state index in [1.807, 2.05) is 18.0 Å². The summed E-state index contributed by atoms with van der Waals surface area (Å²) in [5, 5.41) is 3.33. The highest BCUT2D eigenvalue weighted by atomic mass is 16.2. The van der Waals surface area contributed by atoms with E-state index in [0.29, 0.717) is 6.42 Å². The number of carbonyl (C=O) groups is 1. The zero-order valence-electron chi connectivity index (χ0n) is 12.1. The van der Waals surface area contributed by atoms with Gasteiger partial charge < -0.3 is 10.2 Å². The lowest BCUT2D eigenvalue weighted by Gasteiger charge is -2.25. The lowest BCUT2D eigenvalue weighted by molar-refractivity contribution is -0.132. The van der Waals surface area contributed by atoms with Crippen LogP contribution in [0, 0.1) is 0 Å². The van der Waals surface area contributed by atoms with E-state index in [0.717, 1.165) is 56.8 Å². The van der Waals surface area contributed by atoms with E-state index in [-0.39, 0.29) is 11.9 Å². The molecular weight excluding hydrogens is 252 g/mol. The molecule has 0 unspecified atom stereocenters. The van der Waals surface area contributed by atoms with Crippen molar-refractivity contribution in [2.45, 2.75) is 51.6 Å². The van der Waals surface area contributed by atoms with E-state index in [9.17, 15) is 4.79 Å². The third-order valence-electron chi connectivity index (χ3n) is 4.16. The van der Waals surface area contributed by atoms with E-state index in [4.69, 9.17) is 4.98 Å². The Balaban J connectivity index is 1.82. The molecule has 0 radical (unpaired) electrons. The smallest absolute Gasteiger partial charge is 0.223 e. The molecule has 0 bridgehead atoms. The number of nitrogens with zero attached hydrogens (tertiary/aromatic N) is 3. The van der Waals surface area contributed by atoms with Gasteiger partial charge in [0, 0.05) is 49.9 Å². The van der Waals surface area contributed by atoms with Crippen LogP contribution in [-0.4, -0.2) is 33.9 Å². The molecule has 108 valence electrons. The van der Waals surface area contributed by atoms with E-state index in [1.165, 1.54) is 5.56 Å². The van der Waals surface area contributed by atoms with Gasteiger partial charge in [0.15, 0.2) is 5.82 Å². The Labute approximate surface area is 119 Å². The molecule has 3 rings (SSSR count). The predicted octanol–water partition coefficient (Wildman–Crippen LogP) is 1.59. The minimum Gasteiger partial charge on any atom is -0.332 e. The molecule has 1 atom stereocenters. The van der Waals surface area contributed by atoms with Crippen molar-refractivity contribution in [1.29, 1.82) is 0 Å². The van der Waals surface area contributed by atoms with Gasteiger partial charge in [-0.1, -0.05) is 6.92 Å². The van der Waals surface area contributed by atoms with Gasteiger partial charge in [0.2, 0.25) is 5.91 Å². The van der Waals surface area contributed by atoms with Crippen molar-refractivity contribution in [3.63, 3.8) is 0 Å². The van der Waals surface area contributed by atoms with Crippen LogP contribution in [0.1, 0.15) is 55.7 Å². The van der Waals surface area contributed by atoms with Crippen LogP contribution in [-0.2, 0) is 17.8 Å². The van der Waals surface area contributed by atoms with Crippen LogP contribution >= 0.6 is 0 Å². The molecule has 2 aliphatic rings. The fourth-order valence-electron chi connectivity index (χ4n) is 3.10. The van der Waals surface area contributed by atoms with Gasteiger partial charge in [0.1, 0.15) is 0 Å². The Morgan fingerprint density at radius 2 is 2.45 bits per heavy atom. The molecule has 3 heterocycles. The van der Waals surface area contributed by atoms with Crippen molar-refractivity contribution in [2.24, 2.45) is 0 Å². The summed E-state index contributed by atoms with van der Waals surface area (Å²) in [6, 6.07) is 0.0919. The summed E-state index contributed by atoms with van der Waals surface area (Å²) < 4.78 is 0. The Hall–Kier alpha value is -1.49. The van der Waals surface area contributed by atoms with Crippen molar-refractivity contribution >= 4 is 5.91 Å². The topological polar surface area (TPSA) is 58.1 Å². The summed E-state index contributed by atoms with van der Waals surface area (Å²) in [5.41, 5.74) is 2.35. The second-order valence-electron chi connectivity index (χ2n) is 5.62. The molecule has 0 saturated carbocycles. The van der Waals surface area contributed by atoms with Gasteiger partial charge in [-0.3, -0.25) is 4.79 Å². The molecule has 5 nitrogen and oxygen atoms in total. The Bertz CT molecular complexity index is 503. The average Bonchev–Trinajstić information content (AvgIpc) is 2.96. The van der Waals surface area contributed by atoms with Gasteiger partial charge in [-0.15, -0.1) is 0 Å². The van der Waals surface area contributed by atoms with Crippen LogP contribution < -0.4 is 5.32 Å². The lowest BCUT2D eigenvalue weighted by atomic mass is 10.1. The number of nitrogens with one attached hydrogen (secondary N) is 1. The highest BCUT2D eigenvalue weighted by Crippen LogP contribution is 2.31. The van der Waals surface area contributed by atoms with Crippen LogP contribution in [0.15, 0.2) is 6.20 Å². The molecule has 1 aromatic heterocycles. The predicted molar refractivity (Wildman–Crippen MR) is 76.0 cm³/mol. The summed E-state index contributed by atoms with van der Waals surface area (Å²) in [6.07, 6.45) is 6.48.